The van der Waals surface area contributed by atoms with Crippen molar-refractivity contribution in [2.24, 2.45) is 0 Å². The van der Waals surface area contributed by atoms with Crippen LogP contribution < -0.4 is 5.32 Å². The summed E-state index contributed by atoms with van der Waals surface area (Å²) in [6, 6.07) is 10.9. The fraction of sp³-hybridized carbons (Fsp3) is 0.500. The smallest absolute Gasteiger partial charge is 0.0431 e. The van der Waals surface area contributed by atoms with Crippen LogP contribution in [0, 0.1) is 0 Å². The molecule has 0 unspecified atom stereocenters. The van der Waals surface area contributed by atoms with Crippen LogP contribution in [0.15, 0.2) is 35.2 Å². The van der Waals surface area contributed by atoms with Crippen LogP contribution in [-0.4, -0.2) is 30.6 Å². The third kappa shape index (κ3) is 5.21. The quantitative estimate of drug-likeness (QED) is 0.697. The summed E-state index contributed by atoms with van der Waals surface area (Å²) in [5.41, 5.74) is 0. The van der Waals surface area contributed by atoms with Gasteiger partial charge in [-0.15, -0.1) is 11.8 Å². The molecule has 1 aromatic carbocycles. The number of thioether (sulfide) groups is 1. The molecule has 0 amide bonds. The van der Waals surface area contributed by atoms with Gasteiger partial charge in [0.05, 0.1) is 0 Å². The summed E-state index contributed by atoms with van der Waals surface area (Å²) in [4.78, 5) is 1.31. The van der Waals surface area contributed by atoms with Gasteiger partial charge >= 0.3 is 0 Å². The lowest BCUT2D eigenvalue weighted by Crippen LogP contribution is -2.27. The van der Waals surface area contributed by atoms with Crippen molar-refractivity contribution in [1.29, 1.82) is 0 Å². The SMILES string of the molecule is CN[C@H](CCCO)CSc1ccccc1. The lowest BCUT2D eigenvalue weighted by molar-refractivity contribution is 0.278. The Morgan fingerprint density at radius 1 is 1.33 bits per heavy atom. The van der Waals surface area contributed by atoms with Gasteiger partial charge in [0.15, 0.2) is 0 Å². The molecular weight excluding hydrogens is 206 g/mol. The molecule has 1 rings (SSSR count). The summed E-state index contributed by atoms with van der Waals surface area (Å²) >= 11 is 1.86. The average Bonchev–Trinajstić information content (AvgIpc) is 2.31. The zero-order valence-electron chi connectivity index (χ0n) is 9.15. The van der Waals surface area contributed by atoms with Gasteiger partial charge in [-0.3, -0.25) is 0 Å². The second-order valence-corrected chi connectivity index (χ2v) is 4.57. The second kappa shape index (κ2) is 7.74. The third-order valence-corrected chi connectivity index (χ3v) is 3.49. The summed E-state index contributed by atoms with van der Waals surface area (Å²) in [6.07, 6.45) is 1.91. The number of rotatable bonds is 7. The van der Waals surface area contributed by atoms with Crippen LogP contribution in [0.1, 0.15) is 12.8 Å². The Balaban J connectivity index is 2.28. The Bertz CT molecular complexity index is 253. The fourth-order valence-electron chi connectivity index (χ4n) is 1.36. The molecule has 2 N–H and O–H groups in total. The molecule has 1 atom stereocenters. The van der Waals surface area contributed by atoms with Crippen molar-refractivity contribution >= 4 is 11.8 Å². The van der Waals surface area contributed by atoms with Gasteiger partial charge in [-0.1, -0.05) is 18.2 Å². The van der Waals surface area contributed by atoms with Crippen LogP contribution in [-0.2, 0) is 0 Å². The molecule has 0 heterocycles. The van der Waals surface area contributed by atoms with E-state index in [4.69, 9.17) is 5.11 Å². The van der Waals surface area contributed by atoms with Crippen molar-refractivity contribution in [3.63, 3.8) is 0 Å². The van der Waals surface area contributed by atoms with Crippen molar-refractivity contribution in [2.45, 2.75) is 23.8 Å². The fourth-order valence-corrected chi connectivity index (χ4v) is 2.44. The highest BCUT2D eigenvalue weighted by molar-refractivity contribution is 7.99. The van der Waals surface area contributed by atoms with Crippen LogP contribution >= 0.6 is 11.8 Å². The third-order valence-electron chi connectivity index (χ3n) is 2.31. The predicted molar refractivity (Wildman–Crippen MR) is 66.3 cm³/mol. The molecule has 0 spiro atoms. The molecule has 3 heteroatoms. The van der Waals surface area contributed by atoms with Crippen LogP contribution in [0.3, 0.4) is 0 Å². The Labute approximate surface area is 96.1 Å². The number of hydrogen-bond acceptors (Lipinski definition) is 3. The van der Waals surface area contributed by atoms with E-state index in [9.17, 15) is 0 Å². The first-order chi connectivity index (χ1) is 7.36. The summed E-state index contributed by atoms with van der Waals surface area (Å²) in [5.74, 6) is 1.06. The molecule has 0 radical (unpaired) electrons. The van der Waals surface area contributed by atoms with E-state index in [0.29, 0.717) is 6.04 Å². The van der Waals surface area contributed by atoms with E-state index in [2.05, 4.69) is 29.6 Å². The molecule has 0 saturated carbocycles. The number of aliphatic hydroxyl groups is 1. The maximum absolute atomic E-state index is 8.76. The lowest BCUT2D eigenvalue weighted by atomic mass is 10.2. The average molecular weight is 225 g/mol. The monoisotopic (exact) mass is 225 g/mol. The van der Waals surface area contributed by atoms with Crippen molar-refractivity contribution in [3.05, 3.63) is 30.3 Å². The minimum atomic E-state index is 0.286. The van der Waals surface area contributed by atoms with Crippen molar-refractivity contribution in [1.82, 2.24) is 5.32 Å². The zero-order chi connectivity index (χ0) is 10.9. The van der Waals surface area contributed by atoms with Crippen molar-refractivity contribution in [3.8, 4) is 0 Å². The van der Waals surface area contributed by atoms with Crippen molar-refractivity contribution in [2.75, 3.05) is 19.4 Å². The molecule has 0 aliphatic carbocycles. The molecule has 2 nitrogen and oxygen atoms in total. The summed E-state index contributed by atoms with van der Waals surface area (Å²) < 4.78 is 0. The Morgan fingerprint density at radius 3 is 2.67 bits per heavy atom. The molecular formula is C12H19NOS. The lowest BCUT2D eigenvalue weighted by Gasteiger charge is -2.14. The van der Waals surface area contributed by atoms with Gasteiger partial charge in [0, 0.05) is 23.3 Å². The van der Waals surface area contributed by atoms with Crippen LogP contribution in [0.4, 0.5) is 0 Å². The van der Waals surface area contributed by atoms with Gasteiger partial charge in [-0.25, -0.2) is 0 Å². The first-order valence-corrected chi connectivity index (χ1v) is 6.31. The molecule has 0 aliphatic heterocycles. The van der Waals surface area contributed by atoms with E-state index < -0.39 is 0 Å². The summed E-state index contributed by atoms with van der Waals surface area (Å²) in [7, 11) is 1.98. The normalized spacial score (nSPS) is 12.7. The molecule has 0 bridgehead atoms. The van der Waals surface area contributed by atoms with Crippen LogP contribution in [0.5, 0.6) is 0 Å². The number of hydrogen-bond donors (Lipinski definition) is 2. The van der Waals surface area contributed by atoms with E-state index in [1.54, 1.807) is 0 Å². The van der Waals surface area contributed by atoms with Gasteiger partial charge in [0.25, 0.3) is 0 Å². The standard InChI is InChI=1S/C12H19NOS/c1-13-11(6-5-9-14)10-15-12-7-3-2-4-8-12/h2-4,7-8,11,13-14H,5-6,9-10H2,1H3/t11-/m1/s1. The van der Waals surface area contributed by atoms with E-state index in [1.165, 1.54) is 4.90 Å². The minimum absolute atomic E-state index is 0.286. The van der Waals surface area contributed by atoms with Crippen LogP contribution in [0.25, 0.3) is 0 Å². The van der Waals surface area contributed by atoms with E-state index >= 15 is 0 Å². The molecule has 1 aromatic rings. The summed E-state index contributed by atoms with van der Waals surface area (Å²) in [5, 5.41) is 12.0. The molecule has 15 heavy (non-hydrogen) atoms. The van der Waals surface area contributed by atoms with Gasteiger partial charge in [-0.2, -0.15) is 0 Å². The van der Waals surface area contributed by atoms with Gasteiger partial charge < -0.3 is 10.4 Å². The highest BCUT2D eigenvalue weighted by Gasteiger charge is 2.05. The second-order valence-electron chi connectivity index (χ2n) is 3.48. The minimum Gasteiger partial charge on any atom is -0.396 e. The Morgan fingerprint density at radius 2 is 2.07 bits per heavy atom. The predicted octanol–water partition coefficient (Wildman–Crippen LogP) is 2.14. The number of benzene rings is 1. The molecule has 0 aromatic heterocycles. The number of nitrogens with one attached hydrogen (secondary N) is 1. The first kappa shape index (κ1) is 12.6. The molecule has 84 valence electrons. The largest absolute Gasteiger partial charge is 0.396 e. The highest BCUT2D eigenvalue weighted by atomic mass is 32.2. The van der Waals surface area contributed by atoms with E-state index in [1.807, 2.05) is 24.9 Å². The topological polar surface area (TPSA) is 32.3 Å². The van der Waals surface area contributed by atoms with Crippen LogP contribution in [0.2, 0.25) is 0 Å². The highest BCUT2D eigenvalue weighted by Crippen LogP contribution is 2.18. The first-order valence-electron chi connectivity index (χ1n) is 5.32. The van der Waals surface area contributed by atoms with Gasteiger partial charge in [-0.05, 0) is 32.0 Å². The molecule has 0 fully saturated rings. The Hall–Kier alpha value is -0.510. The van der Waals surface area contributed by atoms with Crippen molar-refractivity contribution < 1.29 is 5.11 Å². The maximum Gasteiger partial charge on any atom is 0.0431 e. The van der Waals surface area contributed by atoms with E-state index in [0.717, 1.165) is 18.6 Å². The van der Waals surface area contributed by atoms with Gasteiger partial charge in [0.2, 0.25) is 0 Å². The number of aliphatic hydroxyl groups excluding tert-OH is 1. The maximum atomic E-state index is 8.76. The van der Waals surface area contributed by atoms with E-state index in [-0.39, 0.29) is 6.61 Å². The molecule has 0 aliphatic rings. The summed E-state index contributed by atoms with van der Waals surface area (Å²) in [6.45, 7) is 0.286. The molecule has 0 saturated heterocycles. The Kier molecular flexibility index (Phi) is 6.48. The zero-order valence-corrected chi connectivity index (χ0v) is 9.96. The van der Waals surface area contributed by atoms with Gasteiger partial charge in [0.1, 0.15) is 0 Å².